The third-order valence-electron chi connectivity index (χ3n) is 17.2. The predicted octanol–water partition coefficient (Wildman–Crippen LogP) is -1.01. The van der Waals surface area contributed by atoms with E-state index in [0.29, 0.717) is 34.0 Å². The number of para-hydroxylation sites is 2. The number of carbonyl (C=O) groups is 13. The van der Waals surface area contributed by atoms with E-state index >= 15 is 9.59 Å². The standard InChI is InChI=1S/C71H92N16O16/c1-40(2)33-52(64(96)81-51(21-13-31-76-71(73)74)70(102)87-32-14-22-57(87)69(101)78-38-59(72)91)82-62(94)49(20-11-12-30-75-61(93)47-18-8-10-23-58(47)103-41(3)89)80-65(97)54(35-43-24-26-45(90)27-25-43)84-68(100)56(39-88)86-67(99)55(36-44-37-77-48-19-9-7-17-46(44)48)85-66(98)53(34-42-15-5-4-6-16-42)83-63(95)50-28-29-60(92)79-50/h4-10,15-19,23-27,37,40,49-57,77,88,90H,11-14,20-22,28-36,38-39H2,1-3H3,(H2,72,91)(H,75,93)(H,78,101)(H,79,92)(H,80,97)(H,81,96)(H,82,94)(H,83,95)(H,84,100)(H,85,98)(H,86,99)(H4,73,74,76)/t49-,50+,51+,52+,53-,54+,55-,56+,57+/m1/s1. The third-order valence-corrected chi connectivity index (χ3v) is 17.2. The van der Waals surface area contributed by atoms with Crippen LogP contribution in [0.3, 0.4) is 0 Å². The first-order chi connectivity index (χ1) is 49.3. The van der Waals surface area contributed by atoms with Gasteiger partial charge in [-0.2, -0.15) is 0 Å². The van der Waals surface area contributed by atoms with Gasteiger partial charge >= 0.3 is 5.97 Å². The van der Waals surface area contributed by atoms with Crippen LogP contribution in [0.15, 0.2) is 109 Å². The number of carbonyl (C=O) groups excluding carboxylic acids is 13. The molecule has 32 nitrogen and oxygen atoms in total. The first-order valence-corrected chi connectivity index (χ1v) is 34.2. The van der Waals surface area contributed by atoms with Crippen molar-refractivity contribution in [3.05, 3.63) is 132 Å². The predicted molar refractivity (Wildman–Crippen MR) is 375 cm³/mol. The molecule has 552 valence electrons. The normalized spacial score (nSPS) is 16.0. The van der Waals surface area contributed by atoms with Crippen molar-refractivity contribution in [2.75, 3.05) is 32.8 Å². The molecular formula is C71H92N16O16. The van der Waals surface area contributed by atoms with Crippen LogP contribution in [0.25, 0.3) is 10.9 Å². The molecule has 4 aromatic carbocycles. The number of aromatic nitrogens is 1. The van der Waals surface area contributed by atoms with E-state index in [9.17, 15) is 63.0 Å². The molecule has 2 saturated heterocycles. The van der Waals surface area contributed by atoms with Gasteiger partial charge in [0.15, 0.2) is 5.96 Å². The molecule has 0 spiro atoms. The number of hydrogen-bond acceptors (Lipinski definition) is 17. The zero-order valence-electron chi connectivity index (χ0n) is 57.6. The van der Waals surface area contributed by atoms with Crippen molar-refractivity contribution in [3.8, 4) is 11.5 Å². The van der Waals surface area contributed by atoms with Crippen LogP contribution in [0.2, 0.25) is 0 Å². The highest BCUT2D eigenvalue weighted by atomic mass is 16.5. The topological polar surface area (TPSA) is 499 Å². The number of phenols is 1. The minimum absolute atomic E-state index is 0.00218. The maximum Gasteiger partial charge on any atom is 0.308 e. The fraction of sp³-hybridized carbons (Fsp3) is 0.437. The molecule has 0 unspecified atom stereocenters. The van der Waals surface area contributed by atoms with Crippen LogP contribution < -0.4 is 74.7 Å². The zero-order chi connectivity index (χ0) is 74.7. The van der Waals surface area contributed by atoms with E-state index in [2.05, 4.69) is 63.5 Å². The number of primary amides is 1. The Morgan fingerprint density at radius 1 is 0.612 bits per heavy atom. The number of aliphatic hydroxyl groups is 1. The zero-order valence-corrected chi connectivity index (χ0v) is 57.6. The molecule has 2 fully saturated rings. The summed E-state index contributed by atoms with van der Waals surface area (Å²) in [6, 6.07) is 15.0. The van der Waals surface area contributed by atoms with Crippen LogP contribution in [0.4, 0.5) is 0 Å². The number of phenolic OH excluding ortho intramolecular Hbond substituents is 1. The van der Waals surface area contributed by atoms with E-state index < -0.39 is 138 Å². The average Bonchev–Trinajstić information content (AvgIpc) is 1.75. The van der Waals surface area contributed by atoms with Gasteiger partial charge in [-0.25, -0.2) is 0 Å². The van der Waals surface area contributed by atoms with Crippen molar-refractivity contribution in [2.45, 2.75) is 159 Å². The minimum atomic E-state index is -1.84. The van der Waals surface area contributed by atoms with E-state index in [1.54, 1.807) is 86.8 Å². The number of H-pyrrole nitrogens is 1. The Labute approximate surface area is 594 Å². The number of rotatable bonds is 38. The van der Waals surface area contributed by atoms with Gasteiger partial charge in [-0.1, -0.05) is 86.6 Å². The number of nitrogens with one attached hydrogen (secondary N) is 13. The number of aliphatic hydroxyl groups excluding tert-OH is 1. The largest absolute Gasteiger partial charge is 0.508 e. The van der Waals surface area contributed by atoms with Gasteiger partial charge in [0.1, 0.15) is 65.9 Å². The van der Waals surface area contributed by atoms with E-state index in [1.165, 1.54) is 48.2 Å². The number of aromatic hydroxyl groups is 1. The highest BCUT2D eigenvalue weighted by Gasteiger charge is 2.40. The number of fused-ring (bicyclic) bond motifs is 1. The van der Waals surface area contributed by atoms with Gasteiger partial charge in [-0.15, -0.1) is 0 Å². The number of nitrogens with zero attached hydrogens (tertiary/aromatic N) is 1. The number of esters is 1. The van der Waals surface area contributed by atoms with Crippen molar-refractivity contribution in [1.82, 2.24) is 68.4 Å². The second kappa shape index (κ2) is 39.0. The van der Waals surface area contributed by atoms with Crippen LogP contribution in [0, 0.1) is 11.3 Å². The summed E-state index contributed by atoms with van der Waals surface area (Å²) in [5.74, 6) is -10.8. The van der Waals surface area contributed by atoms with Crippen molar-refractivity contribution in [2.24, 2.45) is 17.4 Å². The highest BCUT2D eigenvalue weighted by molar-refractivity contribution is 6.00. The van der Waals surface area contributed by atoms with E-state index in [1.807, 2.05) is 0 Å². The summed E-state index contributed by atoms with van der Waals surface area (Å²) < 4.78 is 5.22. The molecule has 0 bridgehead atoms. The molecule has 12 amide bonds. The van der Waals surface area contributed by atoms with Gasteiger partial charge in [0, 0.05) is 69.3 Å². The van der Waals surface area contributed by atoms with Gasteiger partial charge in [0.2, 0.25) is 65.0 Å². The van der Waals surface area contributed by atoms with E-state index in [0.717, 1.165) is 0 Å². The lowest BCUT2D eigenvalue weighted by molar-refractivity contribution is -0.142. The number of nitrogens with two attached hydrogens (primary N) is 2. The van der Waals surface area contributed by atoms with Crippen molar-refractivity contribution in [1.29, 1.82) is 5.41 Å². The molecule has 103 heavy (non-hydrogen) atoms. The summed E-state index contributed by atoms with van der Waals surface area (Å²) >= 11 is 0. The van der Waals surface area contributed by atoms with Crippen LogP contribution >= 0.6 is 0 Å². The van der Waals surface area contributed by atoms with Gasteiger partial charge < -0.3 is 94.8 Å². The van der Waals surface area contributed by atoms with Crippen molar-refractivity contribution >= 4 is 93.7 Å². The van der Waals surface area contributed by atoms with Crippen LogP contribution in [0.1, 0.15) is 112 Å². The van der Waals surface area contributed by atoms with E-state index in [-0.39, 0.29) is 132 Å². The number of aromatic amines is 1. The Kier molecular flexibility index (Phi) is 29.8. The van der Waals surface area contributed by atoms with Crippen LogP contribution in [-0.4, -0.2) is 190 Å². The number of unbranched alkanes of at least 4 members (excludes halogenated alkanes) is 1. The molecule has 1 aromatic heterocycles. The Morgan fingerprint density at radius 2 is 1.17 bits per heavy atom. The van der Waals surface area contributed by atoms with Gasteiger partial charge in [-0.3, -0.25) is 67.7 Å². The van der Waals surface area contributed by atoms with Gasteiger partial charge in [0.05, 0.1) is 18.7 Å². The summed E-state index contributed by atoms with van der Waals surface area (Å²) in [5, 5.41) is 58.8. The second-order valence-corrected chi connectivity index (χ2v) is 25.7. The molecule has 19 N–H and O–H groups in total. The molecule has 0 aliphatic carbocycles. The smallest absolute Gasteiger partial charge is 0.308 e. The van der Waals surface area contributed by atoms with Crippen LogP contribution in [-0.2, 0) is 76.8 Å². The summed E-state index contributed by atoms with van der Waals surface area (Å²) in [7, 11) is 0. The maximum atomic E-state index is 15.1. The first-order valence-electron chi connectivity index (χ1n) is 34.2. The number of likely N-dealkylation sites (tertiary alicyclic amines) is 1. The summed E-state index contributed by atoms with van der Waals surface area (Å²) in [5.41, 5.74) is 13.1. The van der Waals surface area contributed by atoms with Crippen molar-refractivity contribution < 1.29 is 77.3 Å². The molecule has 9 atom stereocenters. The molecule has 0 saturated carbocycles. The number of hydrogen-bond donors (Lipinski definition) is 17. The summed E-state index contributed by atoms with van der Waals surface area (Å²) in [4.78, 5) is 184. The number of guanidine groups is 1. The Balaban J connectivity index is 1.15. The Hall–Kier alpha value is -11.4. The number of amides is 12. The lowest BCUT2D eigenvalue weighted by atomic mass is 10.00. The monoisotopic (exact) mass is 1420 g/mol. The fourth-order valence-corrected chi connectivity index (χ4v) is 12.0. The molecule has 32 heteroatoms. The van der Waals surface area contributed by atoms with E-state index in [4.69, 9.17) is 21.6 Å². The molecule has 2 aliphatic heterocycles. The Morgan fingerprint density at radius 3 is 1.83 bits per heavy atom. The lowest BCUT2D eigenvalue weighted by Gasteiger charge is -2.31. The molecule has 5 aromatic rings. The molecule has 7 rings (SSSR count). The van der Waals surface area contributed by atoms with Crippen molar-refractivity contribution in [3.63, 3.8) is 0 Å². The minimum Gasteiger partial charge on any atom is -0.508 e. The molecule has 2 aliphatic rings. The summed E-state index contributed by atoms with van der Waals surface area (Å²) in [6.45, 7) is 3.39. The number of ether oxygens (including phenoxy) is 1. The molecule has 0 radical (unpaired) electrons. The maximum absolute atomic E-state index is 15.1. The Bertz CT molecular complexity index is 3850. The lowest BCUT2D eigenvalue weighted by Crippen LogP contribution is -2.61. The quantitative estimate of drug-likeness (QED) is 0.00740. The first kappa shape index (κ1) is 78.9. The molecule has 3 heterocycles. The number of benzene rings is 4. The SMILES string of the molecule is CC(=O)Oc1ccccc1C(=O)NCCCC[C@@H](NC(=O)[C@H](Cc1ccc(O)cc1)NC(=O)[C@H](CO)NC(=O)[C@@H](Cc1c[nH]c2ccccc12)NC(=O)[C@@H](Cc1ccccc1)NC(=O)[C@@H]1CCC(=O)N1)C(=O)N[C@@H](CC(C)C)C(=O)N[C@@H](CCCNC(=N)N)C(=O)N1CCC[C@H]1C(=O)NCC(N)=O. The fourth-order valence-electron chi connectivity index (χ4n) is 12.0. The molecular weight excluding hydrogens is 1330 g/mol. The highest BCUT2D eigenvalue weighted by Crippen LogP contribution is 2.23. The average molecular weight is 1430 g/mol. The van der Waals surface area contributed by atoms with Gasteiger partial charge in [-0.05, 0) is 111 Å². The summed E-state index contributed by atoms with van der Waals surface area (Å²) in [6.07, 6.45) is 2.17. The van der Waals surface area contributed by atoms with Crippen LogP contribution in [0.5, 0.6) is 11.5 Å². The van der Waals surface area contributed by atoms with Gasteiger partial charge in [0.25, 0.3) is 5.91 Å². The second-order valence-electron chi connectivity index (χ2n) is 25.7. The third kappa shape index (κ3) is 24.4.